The number of carbonyl (C=O) groups is 1. The molecule has 4 nitrogen and oxygen atoms in total. The summed E-state index contributed by atoms with van der Waals surface area (Å²) in [5.41, 5.74) is 0.345. The summed E-state index contributed by atoms with van der Waals surface area (Å²) in [5, 5.41) is 9.78. The average Bonchev–Trinajstić information content (AvgIpc) is 2.80. The Labute approximate surface area is 108 Å². The van der Waals surface area contributed by atoms with Gasteiger partial charge in [-0.3, -0.25) is 4.79 Å². The molecule has 0 aliphatic heterocycles. The molecule has 0 saturated heterocycles. The first-order valence-corrected chi connectivity index (χ1v) is 6.28. The van der Waals surface area contributed by atoms with Gasteiger partial charge >= 0.3 is 5.97 Å². The van der Waals surface area contributed by atoms with Gasteiger partial charge in [-0.05, 0) is 46.1 Å². The maximum Gasteiger partial charge on any atom is 0.311 e. The SMILES string of the molecule is CC(C)(C)C(=O)OCCCCC(O)c1ccoc1. The Kier molecular flexibility index (Phi) is 5.41. The zero-order chi connectivity index (χ0) is 13.6. The Balaban J connectivity index is 2.11. The smallest absolute Gasteiger partial charge is 0.311 e. The minimum absolute atomic E-state index is 0.183. The molecule has 18 heavy (non-hydrogen) atoms. The van der Waals surface area contributed by atoms with E-state index in [1.165, 1.54) is 0 Å². The predicted molar refractivity (Wildman–Crippen MR) is 67.9 cm³/mol. The van der Waals surface area contributed by atoms with E-state index in [2.05, 4.69) is 0 Å². The first kappa shape index (κ1) is 14.8. The molecule has 0 saturated carbocycles. The number of hydrogen-bond acceptors (Lipinski definition) is 4. The number of furan rings is 1. The first-order chi connectivity index (χ1) is 8.41. The van der Waals surface area contributed by atoms with Crippen LogP contribution in [0.25, 0.3) is 0 Å². The Morgan fingerprint density at radius 2 is 2.17 bits per heavy atom. The molecule has 102 valence electrons. The van der Waals surface area contributed by atoms with E-state index in [0.29, 0.717) is 13.0 Å². The lowest BCUT2D eigenvalue weighted by molar-refractivity contribution is -0.153. The van der Waals surface area contributed by atoms with Crippen molar-refractivity contribution in [2.24, 2.45) is 5.41 Å². The van der Waals surface area contributed by atoms with E-state index in [4.69, 9.17) is 9.15 Å². The lowest BCUT2D eigenvalue weighted by Crippen LogP contribution is -2.23. The van der Waals surface area contributed by atoms with E-state index in [0.717, 1.165) is 18.4 Å². The van der Waals surface area contributed by atoms with Crippen LogP contribution >= 0.6 is 0 Å². The molecular weight excluding hydrogens is 232 g/mol. The van der Waals surface area contributed by atoms with Crippen molar-refractivity contribution in [1.82, 2.24) is 0 Å². The highest BCUT2D eigenvalue weighted by Gasteiger charge is 2.22. The summed E-state index contributed by atoms with van der Waals surface area (Å²) >= 11 is 0. The van der Waals surface area contributed by atoms with Gasteiger partial charge in [0.1, 0.15) is 0 Å². The van der Waals surface area contributed by atoms with Crippen LogP contribution in [0.5, 0.6) is 0 Å². The fourth-order valence-corrected chi connectivity index (χ4v) is 1.45. The Morgan fingerprint density at radius 3 is 2.72 bits per heavy atom. The number of aliphatic hydroxyl groups excluding tert-OH is 1. The minimum Gasteiger partial charge on any atom is -0.472 e. The van der Waals surface area contributed by atoms with Gasteiger partial charge in [0.05, 0.1) is 30.7 Å². The summed E-state index contributed by atoms with van der Waals surface area (Å²) < 4.78 is 10.0. The van der Waals surface area contributed by atoms with Crippen molar-refractivity contribution in [1.29, 1.82) is 0 Å². The predicted octanol–water partition coefficient (Wildman–Crippen LogP) is 3.07. The van der Waals surface area contributed by atoms with Crippen LogP contribution in [-0.4, -0.2) is 17.7 Å². The number of rotatable bonds is 6. The summed E-state index contributed by atoms with van der Waals surface area (Å²) in [6.07, 6.45) is 4.81. The lowest BCUT2D eigenvalue weighted by atomic mass is 9.97. The second kappa shape index (κ2) is 6.59. The van der Waals surface area contributed by atoms with Crippen LogP contribution in [0.15, 0.2) is 23.0 Å². The highest BCUT2D eigenvalue weighted by atomic mass is 16.5. The van der Waals surface area contributed by atoms with Gasteiger partial charge in [-0.2, -0.15) is 0 Å². The van der Waals surface area contributed by atoms with Gasteiger partial charge in [0.15, 0.2) is 0 Å². The van der Waals surface area contributed by atoms with Gasteiger partial charge in [-0.15, -0.1) is 0 Å². The summed E-state index contributed by atoms with van der Waals surface area (Å²) in [7, 11) is 0. The van der Waals surface area contributed by atoms with Gasteiger partial charge in [0.25, 0.3) is 0 Å². The number of ether oxygens (including phenoxy) is 1. The van der Waals surface area contributed by atoms with E-state index >= 15 is 0 Å². The number of unbranched alkanes of at least 4 members (excludes halogenated alkanes) is 1. The topological polar surface area (TPSA) is 59.7 Å². The third-order valence-corrected chi connectivity index (χ3v) is 2.65. The molecule has 0 aromatic carbocycles. The molecule has 0 spiro atoms. The normalized spacial score (nSPS) is 13.3. The molecule has 1 N–H and O–H groups in total. The highest BCUT2D eigenvalue weighted by Crippen LogP contribution is 2.20. The van der Waals surface area contributed by atoms with Crippen LogP contribution in [0.2, 0.25) is 0 Å². The molecule has 0 aliphatic carbocycles. The second-order valence-corrected chi connectivity index (χ2v) is 5.45. The summed E-state index contributed by atoms with van der Waals surface area (Å²) in [6, 6.07) is 1.75. The quantitative estimate of drug-likeness (QED) is 0.626. The number of hydrogen-bond donors (Lipinski definition) is 1. The summed E-state index contributed by atoms with van der Waals surface area (Å²) in [4.78, 5) is 11.5. The second-order valence-electron chi connectivity index (χ2n) is 5.45. The number of esters is 1. The van der Waals surface area contributed by atoms with Crippen molar-refractivity contribution in [3.05, 3.63) is 24.2 Å². The van der Waals surface area contributed by atoms with Gasteiger partial charge in [0.2, 0.25) is 0 Å². The Morgan fingerprint density at radius 1 is 1.44 bits per heavy atom. The van der Waals surface area contributed by atoms with Crippen LogP contribution < -0.4 is 0 Å². The third-order valence-electron chi connectivity index (χ3n) is 2.65. The Bertz CT molecular complexity index is 348. The van der Waals surface area contributed by atoms with Gasteiger partial charge < -0.3 is 14.3 Å². The maximum absolute atomic E-state index is 11.5. The molecular formula is C14H22O4. The molecule has 0 fully saturated rings. The molecule has 1 rings (SSSR count). The number of aliphatic hydroxyl groups is 1. The zero-order valence-corrected chi connectivity index (χ0v) is 11.3. The average molecular weight is 254 g/mol. The van der Waals surface area contributed by atoms with E-state index in [1.807, 2.05) is 20.8 Å². The van der Waals surface area contributed by atoms with Crippen molar-refractivity contribution in [2.75, 3.05) is 6.61 Å². The Hall–Kier alpha value is -1.29. The van der Waals surface area contributed by atoms with Crippen LogP contribution in [0.3, 0.4) is 0 Å². The summed E-state index contributed by atoms with van der Waals surface area (Å²) in [5.74, 6) is -0.183. The standard InChI is InChI=1S/C14H22O4/c1-14(2,3)13(16)18-8-5-4-6-12(15)11-7-9-17-10-11/h7,9-10,12,15H,4-6,8H2,1-3H3. The molecule has 1 aromatic rings. The number of carbonyl (C=O) groups excluding carboxylic acids is 1. The third kappa shape index (κ3) is 4.92. The van der Waals surface area contributed by atoms with Gasteiger partial charge in [-0.25, -0.2) is 0 Å². The molecule has 1 aromatic heterocycles. The molecule has 1 atom stereocenters. The molecule has 0 radical (unpaired) electrons. The molecule has 4 heteroatoms. The van der Waals surface area contributed by atoms with Crippen molar-refractivity contribution in [2.45, 2.75) is 46.1 Å². The fraction of sp³-hybridized carbons (Fsp3) is 0.643. The minimum atomic E-state index is -0.498. The van der Waals surface area contributed by atoms with Crippen LogP contribution in [-0.2, 0) is 9.53 Å². The maximum atomic E-state index is 11.5. The fourth-order valence-electron chi connectivity index (χ4n) is 1.45. The molecule has 0 aliphatic rings. The van der Waals surface area contributed by atoms with E-state index in [-0.39, 0.29) is 5.97 Å². The van der Waals surface area contributed by atoms with Crippen LogP contribution in [0.1, 0.15) is 51.7 Å². The van der Waals surface area contributed by atoms with E-state index in [9.17, 15) is 9.90 Å². The highest BCUT2D eigenvalue weighted by molar-refractivity contribution is 5.75. The van der Waals surface area contributed by atoms with Gasteiger partial charge in [-0.1, -0.05) is 0 Å². The van der Waals surface area contributed by atoms with Crippen molar-refractivity contribution < 1.29 is 19.1 Å². The molecule has 1 unspecified atom stereocenters. The zero-order valence-electron chi connectivity index (χ0n) is 11.3. The van der Waals surface area contributed by atoms with Crippen LogP contribution in [0, 0.1) is 5.41 Å². The van der Waals surface area contributed by atoms with E-state index in [1.54, 1.807) is 18.6 Å². The lowest BCUT2D eigenvalue weighted by Gasteiger charge is -2.16. The van der Waals surface area contributed by atoms with Crippen LogP contribution in [0.4, 0.5) is 0 Å². The van der Waals surface area contributed by atoms with Gasteiger partial charge in [0, 0.05) is 5.56 Å². The molecule has 0 amide bonds. The van der Waals surface area contributed by atoms with Crippen molar-refractivity contribution in [3.63, 3.8) is 0 Å². The first-order valence-electron chi connectivity index (χ1n) is 6.28. The van der Waals surface area contributed by atoms with E-state index < -0.39 is 11.5 Å². The molecule has 0 bridgehead atoms. The van der Waals surface area contributed by atoms with Crippen molar-refractivity contribution in [3.8, 4) is 0 Å². The largest absolute Gasteiger partial charge is 0.472 e. The van der Waals surface area contributed by atoms with Crippen molar-refractivity contribution >= 4 is 5.97 Å². The molecule has 1 heterocycles. The monoisotopic (exact) mass is 254 g/mol. The summed E-state index contributed by atoms with van der Waals surface area (Å²) in [6.45, 7) is 5.90.